The van der Waals surface area contributed by atoms with Crippen LogP contribution in [0.2, 0.25) is 0 Å². The molecule has 0 aromatic heterocycles. The second-order valence-corrected chi connectivity index (χ2v) is 2.73. The summed E-state index contributed by atoms with van der Waals surface area (Å²) in [6, 6.07) is 0. The summed E-state index contributed by atoms with van der Waals surface area (Å²) in [7, 11) is -1.09. The van der Waals surface area contributed by atoms with Gasteiger partial charge in [-0.3, -0.25) is 4.21 Å². The van der Waals surface area contributed by atoms with E-state index < -0.39 is 10.6 Å². The van der Waals surface area contributed by atoms with Crippen molar-refractivity contribution < 1.29 is 4.21 Å². The van der Waals surface area contributed by atoms with E-state index in [2.05, 4.69) is 4.36 Å². The Balaban J connectivity index is 2.68. The molecule has 2 nitrogen and oxygen atoms in total. The number of hydrogen-bond acceptors (Lipinski definition) is 2. The summed E-state index contributed by atoms with van der Waals surface area (Å²) < 4.78 is 14.0. The van der Waals surface area contributed by atoms with Gasteiger partial charge in [-0.2, -0.15) is 0 Å². The molecule has 1 aliphatic rings. The van der Waals surface area contributed by atoms with Crippen LogP contribution in [-0.4, -0.2) is 16.5 Å². The van der Waals surface area contributed by atoms with E-state index in [1.165, 1.54) is 0 Å². The fraction of sp³-hybridized carbons (Fsp3) is 1.00. The minimum Gasteiger partial charge on any atom is -0.253 e. The average Bonchev–Trinajstić information content (AvgIpc) is 1.86. The van der Waals surface area contributed by atoms with Gasteiger partial charge in [-0.25, -0.2) is 4.36 Å². The molecule has 0 N–H and O–H groups in total. The number of rotatable bonds is 0. The lowest BCUT2D eigenvalue weighted by atomic mass is 10.5. The number of nitrogens with zero attached hydrogens (tertiary/aromatic N) is 1. The van der Waals surface area contributed by atoms with E-state index >= 15 is 0 Å². The molecule has 36 valence electrons. The van der Waals surface area contributed by atoms with Crippen LogP contribution >= 0.6 is 0 Å². The third kappa shape index (κ3) is 0.712. The van der Waals surface area contributed by atoms with Crippen molar-refractivity contribution in [2.24, 2.45) is 4.36 Å². The van der Waals surface area contributed by atoms with Crippen LogP contribution < -0.4 is 0 Å². The molecule has 0 saturated heterocycles. The van der Waals surface area contributed by atoms with E-state index in [-0.39, 0.29) is 0 Å². The van der Waals surface area contributed by atoms with Crippen LogP contribution in [0.5, 0.6) is 0 Å². The Morgan fingerprint density at radius 3 is 2.67 bits per heavy atom. The molecule has 1 rings (SSSR count). The lowest BCUT2D eigenvalue weighted by Gasteiger charge is -1.66. The third-order valence-corrected chi connectivity index (χ3v) is 1.98. The van der Waals surface area contributed by atoms with Gasteiger partial charge in [0.1, 0.15) is 0 Å². The second kappa shape index (κ2) is 1.60. The Kier molecular flexibility index (Phi) is 1.10. The first-order chi connectivity index (χ1) is 2.89. The molecule has 1 atom stereocenters. The summed E-state index contributed by atoms with van der Waals surface area (Å²) >= 11 is 0. The van der Waals surface area contributed by atoms with Crippen molar-refractivity contribution in [3.05, 3.63) is 0 Å². The van der Waals surface area contributed by atoms with E-state index in [9.17, 15) is 4.21 Å². The van der Waals surface area contributed by atoms with Crippen LogP contribution in [0.3, 0.4) is 0 Å². The van der Waals surface area contributed by atoms with Crippen molar-refractivity contribution in [2.45, 2.75) is 6.42 Å². The Bertz CT molecular complexity index is 114. The van der Waals surface area contributed by atoms with Crippen molar-refractivity contribution in [3.8, 4) is 0 Å². The van der Waals surface area contributed by atoms with Gasteiger partial charge in [-0.1, -0.05) is 0 Å². The Hall–Kier alpha value is -0.0500. The first kappa shape index (κ1) is 4.12. The number of thiol groups is 1. The highest BCUT2D eigenvalue weighted by Gasteiger charge is 1.92. The molecule has 1 unspecified atom stereocenters. The molecule has 0 aliphatic carbocycles. The molecule has 0 aromatic carbocycles. The maximum absolute atomic E-state index is 10.2. The van der Waals surface area contributed by atoms with E-state index in [1.54, 1.807) is 0 Å². The van der Waals surface area contributed by atoms with Crippen LogP contribution in [0.25, 0.3) is 0 Å². The van der Waals surface area contributed by atoms with Crippen molar-refractivity contribution >= 4 is 10.6 Å². The monoisotopic (exact) mass is 105 g/mol. The standard InChI is InChI=1S/C3H7NOS/c5-6-3-1-2-4-6/h6H,1-3H2. The SMILES string of the molecule is O=[SH]1=NCCC1. The van der Waals surface area contributed by atoms with Gasteiger partial charge < -0.3 is 0 Å². The van der Waals surface area contributed by atoms with E-state index in [4.69, 9.17) is 0 Å². The van der Waals surface area contributed by atoms with Crippen LogP contribution in [-0.2, 0) is 10.6 Å². The minimum absolute atomic E-state index is 0.829. The van der Waals surface area contributed by atoms with Crippen LogP contribution in [0.1, 0.15) is 6.42 Å². The molecule has 0 spiro atoms. The lowest BCUT2D eigenvalue weighted by Crippen LogP contribution is -1.74. The van der Waals surface area contributed by atoms with Crippen molar-refractivity contribution in [3.63, 3.8) is 0 Å². The second-order valence-electron chi connectivity index (χ2n) is 1.29. The average molecular weight is 105 g/mol. The highest BCUT2D eigenvalue weighted by atomic mass is 32.2. The molecule has 0 radical (unpaired) electrons. The van der Waals surface area contributed by atoms with Gasteiger partial charge in [-0.05, 0) is 6.42 Å². The Labute approximate surface area is 38.8 Å². The molecule has 1 aliphatic heterocycles. The normalized spacial score (nSPS) is 33.0. The predicted molar refractivity (Wildman–Crippen MR) is 26.3 cm³/mol. The summed E-state index contributed by atoms with van der Waals surface area (Å²) in [5.41, 5.74) is 0. The summed E-state index contributed by atoms with van der Waals surface area (Å²) in [6.07, 6.45) is 1.04. The molecule has 1 heterocycles. The van der Waals surface area contributed by atoms with E-state index in [1.807, 2.05) is 0 Å². The fourth-order valence-corrected chi connectivity index (χ4v) is 1.38. The first-order valence-corrected chi connectivity index (χ1v) is 3.41. The van der Waals surface area contributed by atoms with Gasteiger partial charge >= 0.3 is 0 Å². The molecule has 6 heavy (non-hydrogen) atoms. The Morgan fingerprint density at radius 1 is 1.67 bits per heavy atom. The first-order valence-electron chi connectivity index (χ1n) is 2.02. The maximum atomic E-state index is 10.2. The smallest absolute Gasteiger partial charge is 0.0490 e. The Morgan fingerprint density at radius 2 is 2.50 bits per heavy atom. The largest absolute Gasteiger partial charge is 0.253 e. The molecule has 0 amide bonds. The van der Waals surface area contributed by atoms with Gasteiger partial charge in [-0.15, -0.1) is 0 Å². The summed E-state index contributed by atoms with van der Waals surface area (Å²) in [5, 5.41) is 0. The lowest BCUT2D eigenvalue weighted by molar-refractivity contribution is 0.690. The highest BCUT2D eigenvalue weighted by Crippen LogP contribution is 1.92. The third-order valence-electron chi connectivity index (χ3n) is 0.765. The zero-order chi connectivity index (χ0) is 4.41. The summed E-state index contributed by atoms with van der Waals surface area (Å²) in [6.45, 7) is 0.829. The van der Waals surface area contributed by atoms with Gasteiger partial charge in [0.2, 0.25) is 0 Å². The zero-order valence-corrected chi connectivity index (χ0v) is 4.32. The van der Waals surface area contributed by atoms with Crippen molar-refractivity contribution in [1.82, 2.24) is 0 Å². The minimum atomic E-state index is -1.09. The molecule has 0 bridgehead atoms. The van der Waals surface area contributed by atoms with Crippen molar-refractivity contribution in [1.29, 1.82) is 0 Å². The van der Waals surface area contributed by atoms with Crippen molar-refractivity contribution in [2.75, 3.05) is 12.3 Å². The summed E-state index contributed by atoms with van der Waals surface area (Å²) in [5.74, 6) is 0.829. The molecule has 0 aromatic rings. The molecular formula is C3H7NOS. The van der Waals surface area contributed by atoms with Gasteiger partial charge in [0.15, 0.2) is 0 Å². The molecule has 0 saturated carbocycles. The maximum Gasteiger partial charge on any atom is 0.0490 e. The number of hydrogen-bond donors (Lipinski definition) is 1. The van der Waals surface area contributed by atoms with Gasteiger partial charge in [0, 0.05) is 22.9 Å². The molecular weight excluding hydrogens is 98.1 g/mol. The van der Waals surface area contributed by atoms with Gasteiger partial charge in [0.25, 0.3) is 0 Å². The molecule has 3 heteroatoms. The predicted octanol–water partition coefficient (Wildman–Crippen LogP) is 0.0547. The van der Waals surface area contributed by atoms with Crippen LogP contribution in [0.4, 0.5) is 0 Å². The summed E-state index contributed by atoms with van der Waals surface area (Å²) in [4.78, 5) is 0. The topological polar surface area (TPSA) is 29.4 Å². The van der Waals surface area contributed by atoms with Crippen LogP contribution in [0, 0.1) is 0 Å². The van der Waals surface area contributed by atoms with E-state index in [0.29, 0.717) is 0 Å². The van der Waals surface area contributed by atoms with E-state index in [0.717, 1.165) is 18.7 Å². The highest BCUT2D eigenvalue weighted by molar-refractivity contribution is 7.75. The fourth-order valence-electron chi connectivity index (χ4n) is 0.459. The van der Waals surface area contributed by atoms with Gasteiger partial charge in [0.05, 0.1) is 0 Å². The van der Waals surface area contributed by atoms with Crippen LogP contribution in [0.15, 0.2) is 4.36 Å². The quantitative estimate of drug-likeness (QED) is 0.433. The molecule has 0 fully saturated rings. The zero-order valence-electron chi connectivity index (χ0n) is 3.42.